The van der Waals surface area contributed by atoms with Crippen LogP contribution in [0, 0.1) is 0 Å². The van der Waals surface area contributed by atoms with Crippen LogP contribution in [-0.4, -0.2) is 11.1 Å². The van der Waals surface area contributed by atoms with Gasteiger partial charge in [-0.2, -0.15) is 0 Å². The minimum absolute atomic E-state index is 0.390. The summed E-state index contributed by atoms with van der Waals surface area (Å²) in [5.41, 5.74) is 0. The maximum atomic E-state index is 5.73. The second-order valence-electron chi connectivity index (χ2n) is 2.63. The summed E-state index contributed by atoms with van der Waals surface area (Å²) < 4.78 is 5.41. The van der Waals surface area contributed by atoms with E-state index in [1.54, 1.807) is 18.3 Å². The van der Waals surface area contributed by atoms with E-state index in [-0.39, 0.29) is 0 Å². The molecule has 1 saturated carbocycles. The van der Waals surface area contributed by atoms with Crippen LogP contribution >= 0.6 is 11.6 Å². The summed E-state index contributed by atoms with van der Waals surface area (Å²) in [6, 6.07) is 3.47. The quantitative estimate of drug-likeness (QED) is 0.678. The Morgan fingerprint density at radius 1 is 1.55 bits per heavy atom. The van der Waals surface area contributed by atoms with Crippen molar-refractivity contribution in [3.63, 3.8) is 0 Å². The van der Waals surface area contributed by atoms with Crippen LogP contribution in [0.3, 0.4) is 0 Å². The number of pyridine rings is 1. The average Bonchev–Trinajstić information content (AvgIpc) is 2.71. The normalized spacial score (nSPS) is 16.5. The van der Waals surface area contributed by atoms with Gasteiger partial charge in [-0.05, 0) is 18.9 Å². The van der Waals surface area contributed by atoms with E-state index in [2.05, 4.69) is 4.98 Å². The lowest BCUT2D eigenvalue weighted by atomic mass is 10.5. The molecular formula is C8H8ClNO. The first-order valence-corrected chi connectivity index (χ1v) is 4.00. The first-order chi connectivity index (χ1) is 5.34. The monoisotopic (exact) mass is 169 g/mol. The first-order valence-electron chi connectivity index (χ1n) is 3.63. The van der Waals surface area contributed by atoms with Crippen LogP contribution < -0.4 is 4.74 Å². The van der Waals surface area contributed by atoms with Crippen LogP contribution in [0.2, 0.25) is 5.02 Å². The lowest BCUT2D eigenvalue weighted by molar-refractivity contribution is 0.291. The third-order valence-electron chi connectivity index (χ3n) is 1.51. The van der Waals surface area contributed by atoms with Gasteiger partial charge in [0, 0.05) is 17.3 Å². The molecule has 2 nitrogen and oxygen atoms in total. The van der Waals surface area contributed by atoms with Crippen LogP contribution in [0.5, 0.6) is 5.88 Å². The summed E-state index contributed by atoms with van der Waals surface area (Å²) in [6.07, 6.45) is 4.34. The molecule has 1 aliphatic rings. The Morgan fingerprint density at radius 2 is 2.36 bits per heavy atom. The van der Waals surface area contributed by atoms with Crippen molar-refractivity contribution < 1.29 is 4.74 Å². The van der Waals surface area contributed by atoms with Crippen molar-refractivity contribution in [1.82, 2.24) is 4.98 Å². The molecule has 1 aromatic rings. The molecule has 0 unspecified atom stereocenters. The van der Waals surface area contributed by atoms with Crippen LogP contribution in [0.15, 0.2) is 18.3 Å². The fraction of sp³-hybridized carbons (Fsp3) is 0.375. The molecule has 0 N–H and O–H groups in total. The molecule has 1 aliphatic carbocycles. The Labute approximate surface area is 70.2 Å². The lowest BCUT2D eigenvalue weighted by Crippen LogP contribution is -1.97. The third-order valence-corrected chi connectivity index (χ3v) is 1.74. The van der Waals surface area contributed by atoms with E-state index < -0.39 is 0 Å². The molecule has 1 fully saturated rings. The van der Waals surface area contributed by atoms with Crippen molar-refractivity contribution in [3.05, 3.63) is 23.4 Å². The summed E-state index contributed by atoms with van der Waals surface area (Å²) in [5.74, 6) is 0.639. The number of aromatic nitrogens is 1. The third kappa shape index (κ3) is 1.84. The standard InChI is InChI=1S/C8H8ClNO/c9-6-3-4-10-8(5-6)11-7-1-2-7/h3-5,7H,1-2H2. The Hall–Kier alpha value is -0.760. The van der Waals surface area contributed by atoms with Gasteiger partial charge in [0.05, 0.1) is 0 Å². The summed E-state index contributed by atoms with van der Waals surface area (Å²) in [4.78, 5) is 4.01. The van der Waals surface area contributed by atoms with Crippen molar-refractivity contribution in [2.45, 2.75) is 18.9 Å². The van der Waals surface area contributed by atoms with Gasteiger partial charge in [0.2, 0.25) is 5.88 Å². The van der Waals surface area contributed by atoms with Gasteiger partial charge in [0.15, 0.2) is 0 Å². The molecule has 58 valence electrons. The maximum absolute atomic E-state index is 5.73. The topological polar surface area (TPSA) is 22.1 Å². The average molecular weight is 170 g/mol. The molecule has 3 heteroatoms. The first kappa shape index (κ1) is 6.92. The number of halogens is 1. The van der Waals surface area contributed by atoms with Gasteiger partial charge in [-0.1, -0.05) is 11.6 Å². The molecule has 0 spiro atoms. The van der Waals surface area contributed by atoms with Crippen LogP contribution in [0.1, 0.15) is 12.8 Å². The predicted octanol–water partition coefficient (Wildman–Crippen LogP) is 2.28. The number of hydrogen-bond acceptors (Lipinski definition) is 2. The Morgan fingerprint density at radius 3 is 3.00 bits per heavy atom. The molecule has 2 rings (SSSR count). The van der Waals surface area contributed by atoms with Crippen LogP contribution in [-0.2, 0) is 0 Å². The summed E-state index contributed by atoms with van der Waals surface area (Å²) in [6.45, 7) is 0. The van der Waals surface area contributed by atoms with Crippen molar-refractivity contribution >= 4 is 11.6 Å². The van der Waals surface area contributed by atoms with Crippen molar-refractivity contribution in [1.29, 1.82) is 0 Å². The molecule has 1 aromatic heterocycles. The minimum atomic E-state index is 0.390. The van der Waals surface area contributed by atoms with E-state index in [0.29, 0.717) is 17.0 Å². The van der Waals surface area contributed by atoms with Gasteiger partial charge < -0.3 is 4.74 Å². The lowest BCUT2D eigenvalue weighted by Gasteiger charge is -2.01. The van der Waals surface area contributed by atoms with E-state index >= 15 is 0 Å². The maximum Gasteiger partial charge on any atom is 0.214 e. The number of rotatable bonds is 2. The molecule has 0 aliphatic heterocycles. The highest BCUT2D eigenvalue weighted by atomic mass is 35.5. The highest BCUT2D eigenvalue weighted by Gasteiger charge is 2.23. The molecule has 0 radical (unpaired) electrons. The predicted molar refractivity (Wildman–Crippen MR) is 42.9 cm³/mol. The zero-order valence-corrected chi connectivity index (χ0v) is 6.71. The molecule has 0 saturated heterocycles. The molecule has 0 bridgehead atoms. The van der Waals surface area contributed by atoms with Gasteiger partial charge in [0.1, 0.15) is 6.10 Å². The fourth-order valence-corrected chi connectivity index (χ4v) is 0.956. The highest BCUT2D eigenvalue weighted by Crippen LogP contribution is 2.26. The van der Waals surface area contributed by atoms with E-state index in [4.69, 9.17) is 16.3 Å². The zero-order valence-electron chi connectivity index (χ0n) is 5.96. The molecule has 1 heterocycles. The van der Waals surface area contributed by atoms with Crippen molar-refractivity contribution in [2.75, 3.05) is 0 Å². The number of ether oxygens (including phenoxy) is 1. The van der Waals surface area contributed by atoms with Gasteiger partial charge in [-0.25, -0.2) is 4.98 Å². The largest absolute Gasteiger partial charge is 0.474 e. The van der Waals surface area contributed by atoms with Crippen LogP contribution in [0.4, 0.5) is 0 Å². The van der Waals surface area contributed by atoms with Crippen LogP contribution in [0.25, 0.3) is 0 Å². The van der Waals surface area contributed by atoms with Gasteiger partial charge >= 0.3 is 0 Å². The molecule has 0 amide bonds. The summed E-state index contributed by atoms with van der Waals surface area (Å²) in [7, 11) is 0. The van der Waals surface area contributed by atoms with Gasteiger partial charge in [0.25, 0.3) is 0 Å². The van der Waals surface area contributed by atoms with Crippen molar-refractivity contribution in [2.24, 2.45) is 0 Å². The van der Waals surface area contributed by atoms with E-state index in [0.717, 1.165) is 12.8 Å². The SMILES string of the molecule is Clc1ccnc(OC2CC2)c1. The Kier molecular flexibility index (Phi) is 1.70. The summed E-state index contributed by atoms with van der Waals surface area (Å²) >= 11 is 5.73. The molecule has 0 aromatic carbocycles. The smallest absolute Gasteiger partial charge is 0.214 e. The van der Waals surface area contributed by atoms with E-state index in [1.165, 1.54) is 0 Å². The Balaban J connectivity index is 2.10. The number of hydrogen-bond donors (Lipinski definition) is 0. The molecule has 11 heavy (non-hydrogen) atoms. The van der Waals surface area contributed by atoms with E-state index in [9.17, 15) is 0 Å². The zero-order chi connectivity index (χ0) is 7.68. The minimum Gasteiger partial charge on any atom is -0.474 e. The molecular weight excluding hydrogens is 162 g/mol. The highest BCUT2D eigenvalue weighted by molar-refractivity contribution is 6.30. The van der Waals surface area contributed by atoms with Gasteiger partial charge in [-0.3, -0.25) is 0 Å². The second-order valence-corrected chi connectivity index (χ2v) is 3.07. The van der Waals surface area contributed by atoms with E-state index in [1.807, 2.05) is 0 Å². The fourth-order valence-electron chi connectivity index (χ4n) is 0.806. The van der Waals surface area contributed by atoms with Gasteiger partial charge in [-0.15, -0.1) is 0 Å². The number of nitrogens with zero attached hydrogens (tertiary/aromatic N) is 1. The van der Waals surface area contributed by atoms with Crippen molar-refractivity contribution in [3.8, 4) is 5.88 Å². The molecule has 0 atom stereocenters. The summed E-state index contributed by atoms with van der Waals surface area (Å²) in [5, 5.41) is 0.677. The second kappa shape index (κ2) is 2.70. The Bertz CT molecular complexity index is 260.